The predicted octanol–water partition coefficient (Wildman–Crippen LogP) is 4.11. The Bertz CT molecular complexity index is 1030. The lowest BCUT2D eigenvalue weighted by Crippen LogP contribution is -2.40. The third-order valence-electron chi connectivity index (χ3n) is 5.24. The van der Waals surface area contributed by atoms with Gasteiger partial charge in [-0.1, -0.05) is 60.7 Å². The van der Waals surface area contributed by atoms with E-state index in [2.05, 4.69) is 16.0 Å². The molecule has 0 bridgehead atoms. The standard InChI is InChI=1S/C25H25N3O3/c1-16(26-20-13-14-22-21(15-20)27-25(30)17(2)31-22)24(29)28-23(18-9-5-3-6-10-18)19-11-7-4-8-12-19/h3-17,23,26H,1-2H3,(H,27,30)(H,28,29). The molecule has 0 fully saturated rings. The molecule has 31 heavy (non-hydrogen) atoms. The summed E-state index contributed by atoms with van der Waals surface area (Å²) >= 11 is 0. The molecule has 1 aliphatic heterocycles. The lowest BCUT2D eigenvalue weighted by molar-refractivity contribution is -0.123. The molecule has 158 valence electrons. The second-order valence-electron chi connectivity index (χ2n) is 7.59. The van der Waals surface area contributed by atoms with Crippen LogP contribution in [0.25, 0.3) is 0 Å². The molecule has 0 spiro atoms. The molecule has 0 saturated heterocycles. The summed E-state index contributed by atoms with van der Waals surface area (Å²) in [5, 5.41) is 9.18. The van der Waals surface area contributed by atoms with Gasteiger partial charge in [0, 0.05) is 5.69 Å². The molecule has 3 N–H and O–H groups in total. The number of anilines is 2. The van der Waals surface area contributed by atoms with Gasteiger partial charge in [-0.2, -0.15) is 0 Å². The van der Waals surface area contributed by atoms with E-state index in [4.69, 9.17) is 4.74 Å². The Morgan fingerprint density at radius 1 is 0.968 bits per heavy atom. The van der Waals surface area contributed by atoms with Gasteiger partial charge in [-0.15, -0.1) is 0 Å². The Labute approximate surface area is 181 Å². The Morgan fingerprint density at radius 3 is 2.19 bits per heavy atom. The van der Waals surface area contributed by atoms with Crippen LogP contribution in [0.4, 0.5) is 11.4 Å². The lowest BCUT2D eigenvalue weighted by atomic mass is 9.98. The smallest absolute Gasteiger partial charge is 0.265 e. The zero-order valence-corrected chi connectivity index (χ0v) is 17.5. The van der Waals surface area contributed by atoms with Crippen molar-refractivity contribution in [1.82, 2.24) is 5.32 Å². The molecular formula is C25H25N3O3. The first-order valence-electron chi connectivity index (χ1n) is 10.3. The van der Waals surface area contributed by atoms with Crippen molar-refractivity contribution in [2.45, 2.75) is 32.0 Å². The molecule has 3 aromatic rings. The summed E-state index contributed by atoms with van der Waals surface area (Å²) in [6, 6.07) is 24.4. The molecule has 4 rings (SSSR count). The van der Waals surface area contributed by atoms with Gasteiger partial charge in [-0.05, 0) is 43.2 Å². The van der Waals surface area contributed by atoms with E-state index in [0.717, 1.165) is 16.8 Å². The van der Waals surface area contributed by atoms with Crippen LogP contribution in [0.1, 0.15) is 31.0 Å². The molecule has 2 amide bonds. The zero-order valence-electron chi connectivity index (χ0n) is 17.5. The Balaban J connectivity index is 1.48. The van der Waals surface area contributed by atoms with E-state index < -0.39 is 12.1 Å². The van der Waals surface area contributed by atoms with Gasteiger partial charge in [0.15, 0.2) is 6.10 Å². The van der Waals surface area contributed by atoms with Gasteiger partial charge >= 0.3 is 0 Å². The average molecular weight is 415 g/mol. The summed E-state index contributed by atoms with van der Waals surface area (Å²) in [5.74, 6) is 0.288. The number of benzene rings is 3. The second-order valence-corrected chi connectivity index (χ2v) is 7.59. The van der Waals surface area contributed by atoms with E-state index in [1.165, 1.54) is 0 Å². The van der Waals surface area contributed by atoms with Crippen molar-refractivity contribution in [3.63, 3.8) is 0 Å². The van der Waals surface area contributed by atoms with Gasteiger partial charge in [-0.25, -0.2) is 0 Å². The van der Waals surface area contributed by atoms with Crippen molar-refractivity contribution in [2.24, 2.45) is 0 Å². The number of nitrogens with one attached hydrogen (secondary N) is 3. The SMILES string of the molecule is CC(Nc1ccc2c(c1)NC(=O)C(C)O2)C(=O)NC(c1ccccc1)c1ccccc1. The van der Waals surface area contributed by atoms with Crippen molar-refractivity contribution in [3.05, 3.63) is 90.0 Å². The van der Waals surface area contributed by atoms with Gasteiger partial charge in [-0.3, -0.25) is 9.59 Å². The summed E-state index contributed by atoms with van der Waals surface area (Å²) in [7, 11) is 0. The van der Waals surface area contributed by atoms with E-state index in [1.54, 1.807) is 26.0 Å². The summed E-state index contributed by atoms with van der Waals surface area (Å²) < 4.78 is 5.58. The predicted molar refractivity (Wildman–Crippen MR) is 121 cm³/mol. The number of fused-ring (bicyclic) bond motifs is 1. The molecule has 2 atom stereocenters. The van der Waals surface area contributed by atoms with Gasteiger partial charge in [0.1, 0.15) is 11.8 Å². The zero-order chi connectivity index (χ0) is 21.8. The van der Waals surface area contributed by atoms with Gasteiger partial charge in [0.25, 0.3) is 5.91 Å². The minimum absolute atomic E-state index is 0.135. The van der Waals surface area contributed by atoms with Crippen molar-refractivity contribution in [1.29, 1.82) is 0 Å². The number of hydrogen-bond acceptors (Lipinski definition) is 4. The van der Waals surface area contributed by atoms with E-state index in [-0.39, 0.29) is 17.9 Å². The average Bonchev–Trinajstić information content (AvgIpc) is 2.79. The number of hydrogen-bond donors (Lipinski definition) is 3. The van der Waals surface area contributed by atoms with Crippen molar-refractivity contribution < 1.29 is 14.3 Å². The maximum absolute atomic E-state index is 13.0. The van der Waals surface area contributed by atoms with Crippen LogP contribution in [0.15, 0.2) is 78.9 Å². The highest BCUT2D eigenvalue weighted by molar-refractivity contribution is 5.98. The van der Waals surface area contributed by atoms with Crippen LogP contribution in [0.5, 0.6) is 5.75 Å². The van der Waals surface area contributed by atoms with E-state index >= 15 is 0 Å². The molecule has 2 unspecified atom stereocenters. The molecule has 6 heteroatoms. The summed E-state index contributed by atoms with van der Waals surface area (Å²) in [6.45, 7) is 3.51. The van der Waals surface area contributed by atoms with Crippen LogP contribution >= 0.6 is 0 Å². The Kier molecular flexibility index (Phi) is 5.89. The molecular weight excluding hydrogens is 390 g/mol. The van der Waals surface area contributed by atoms with Crippen molar-refractivity contribution in [2.75, 3.05) is 10.6 Å². The van der Waals surface area contributed by atoms with Gasteiger partial charge in [0.05, 0.1) is 11.7 Å². The van der Waals surface area contributed by atoms with E-state index in [9.17, 15) is 9.59 Å². The topological polar surface area (TPSA) is 79.5 Å². The van der Waals surface area contributed by atoms with Gasteiger partial charge < -0.3 is 20.7 Å². The van der Waals surface area contributed by atoms with Gasteiger partial charge in [0.2, 0.25) is 5.91 Å². The maximum atomic E-state index is 13.0. The summed E-state index contributed by atoms with van der Waals surface area (Å²) in [5.41, 5.74) is 3.33. The summed E-state index contributed by atoms with van der Waals surface area (Å²) in [6.07, 6.45) is -0.524. The highest BCUT2D eigenvalue weighted by atomic mass is 16.5. The minimum Gasteiger partial charge on any atom is -0.479 e. The minimum atomic E-state index is -0.524. The molecule has 6 nitrogen and oxygen atoms in total. The third kappa shape index (κ3) is 4.69. The maximum Gasteiger partial charge on any atom is 0.265 e. The first-order chi connectivity index (χ1) is 15.0. The van der Waals surface area contributed by atoms with E-state index in [0.29, 0.717) is 11.4 Å². The molecule has 3 aromatic carbocycles. The Morgan fingerprint density at radius 2 is 1.58 bits per heavy atom. The number of rotatable bonds is 6. The summed E-state index contributed by atoms with van der Waals surface area (Å²) in [4.78, 5) is 24.9. The van der Waals surface area contributed by atoms with Crippen LogP contribution in [0.3, 0.4) is 0 Å². The Hall–Kier alpha value is -3.80. The lowest BCUT2D eigenvalue weighted by Gasteiger charge is -2.25. The fourth-order valence-corrected chi connectivity index (χ4v) is 3.53. The van der Waals surface area contributed by atoms with Crippen LogP contribution in [0, 0.1) is 0 Å². The molecule has 0 saturated carbocycles. The highest BCUT2D eigenvalue weighted by Gasteiger charge is 2.24. The normalized spacial score (nSPS) is 16.0. The molecule has 1 aliphatic rings. The number of amides is 2. The highest BCUT2D eigenvalue weighted by Crippen LogP contribution is 2.32. The largest absolute Gasteiger partial charge is 0.479 e. The first kappa shape index (κ1) is 20.5. The molecule has 0 aliphatic carbocycles. The number of carbonyl (C=O) groups is 2. The fourth-order valence-electron chi connectivity index (χ4n) is 3.53. The van der Waals surface area contributed by atoms with Crippen molar-refractivity contribution in [3.8, 4) is 5.75 Å². The number of ether oxygens (including phenoxy) is 1. The van der Waals surface area contributed by atoms with E-state index in [1.807, 2.05) is 66.7 Å². The van der Waals surface area contributed by atoms with Crippen LogP contribution in [0.2, 0.25) is 0 Å². The second kappa shape index (κ2) is 8.92. The fraction of sp³-hybridized carbons (Fsp3) is 0.200. The molecule has 1 heterocycles. The number of carbonyl (C=O) groups excluding carboxylic acids is 2. The van der Waals surface area contributed by atoms with Crippen LogP contribution in [-0.2, 0) is 9.59 Å². The van der Waals surface area contributed by atoms with Crippen LogP contribution in [-0.4, -0.2) is 24.0 Å². The quantitative estimate of drug-likeness (QED) is 0.566. The third-order valence-corrected chi connectivity index (χ3v) is 5.24. The van der Waals surface area contributed by atoms with Crippen molar-refractivity contribution >= 4 is 23.2 Å². The van der Waals surface area contributed by atoms with Crippen LogP contribution < -0.4 is 20.7 Å². The molecule has 0 radical (unpaired) electrons. The monoisotopic (exact) mass is 415 g/mol. The first-order valence-corrected chi connectivity index (χ1v) is 10.3. The molecule has 0 aromatic heterocycles.